The van der Waals surface area contributed by atoms with Gasteiger partial charge in [0, 0.05) is 18.7 Å². The largest absolute Gasteiger partial charge is 0.342 e. The molecule has 22 heavy (non-hydrogen) atoms. The van der Waals surface area contributed by atoms with Gasteiger partial charge in [0.2, 0.25) is 11.1 Å². The zero-order valence-corrected chi connectivity index (χ0v) is 14.3. The van der Waals surface area contributed by atoms with Crippen molar-refractivity contribution < 1.29 is 4.79 Å². The van der Waals surface area contributed by atoms with Crippen LogP contribution in [0.2, 0.25) is 0 Å². The lowest BCUT2D eigenvalue weighted by Gasteiger charge is -2.21. The van der Waals surface area contributed by atoms with Gasteiger partial charge < -0.3 is 4.90 Å². The summed E-state index contributed by atoms with van der Waals surface area (Å²) in [5.74, 6) is 0.849. The van der Waals surface area contributed by atoms with Gasteiger partial charge in [-0.2, -0.15) is 0 Å². The number of nitrogens with one attached hydrogen (secondary N) is 1. The molecule has 0 aliphatic heterocycles. The average molecular weight is 318 g/mol. The summed E-state index contributed by atoms with van der Waals surface area (Å²) in [6.07, 6.45) is 0. The number of aromatic nitrogens is 3. The Morgan fingerprint density at radius 2 is 1.91 bits per heavy atom. The summed E-state index contributed by atoms with van der Waals surface area (Å²) in [6, 6.07) is 8.10. The van der Waals surface area contributed by atoms with Gasteiger partial charge in [0.25, 0.3) is 0 Å². The molecule has 118 valence electrons. The number of hydrogen-bond acceptors (Lipinski definition) is 4. The summed E-state index contributed by atoms with van der Waals surface area (Å²) in [7, 11) is 0. The van der Waals surface area contributed by atoms with Crippen molar-refractivity contribution in [3.63, 3.8) is 0 Å². The lowest BCUT2D eigenvalue weighted by atomic mass is 10.1. The number of thioether (sulfide) groups is 1. The molecule has 2 aromatic rings. The van der Waals surface area contributed by atoms with Gasteiger partial charge in [-0.3, -0.25) is 9.89 Å². The normalized spacial score (nSPS) is 12.2. The standard InChI is InChI=1S/C16H22N4OS/c1-5-20(6-2)15(21)12(4)22-16-17-14(18-19-16)13-9-7-11(3)8-10-13/h7-10,12H,5-6H2,1-4H3,(H,17,18,19)/t12-/m0/s1. The zero-order chi connectivity index (χ0) is 16.1. The number of hydrogen-bond donors (Lipinski definition) is 1. The highest BCUT2D eigenvalue weighted by molar-refractivity contribution is 8.00. The smallest absolute Gasteiger partial charge is 0.235 e. The molecule has 0 spiro atoms. The number of rotatable bonds is 6. The molecular weight excluding hydrogens is 296 g/mol. The third-order valence-electron chi connectivity index (χ3n) is 3.49. The van der Waals surface area contributed by atoms with Crippen molar-refractivity contribution >= 4 is 17.7 Å². The van der Waals surface area contributed by atoms with Crippen molar-refractivity contribution in [2.45, 2.75) is 38.1 Å². The van der Waals surface area contributed by atoms with Crippen LogP contribution in [0.1, 0.15) is 26.3 Å². The first kappa shape index (κ1) is 16.5. The molecule has 1 N–H and O–H groups in total. The second-order valence-electron chi connectivity index (χ2n) is 5.10. The van der Waals surface area contributed by atoms with E-state index in [2.05, 4.69) is 15.2 Å². The van der Waals surface area contributed by atoms with Crippen molar-refractivity contribution in [2.24, 2.45) is 0 Å². The van der Waals surface area contributed by atoms with E-state index < -0.39 is 0 Å². The second-order valence-corrected chi connectivity index (χ2v) is 6.41. The van der Waals surface area contributed by atoms with Gasteiger partial charge in [-0.25, -0.2) is 4.98 Å². The maximum Gasteiger partial charge on any atom is 0.235 e. The van der Waals surface area contributed by atoms with E-state index >= 15 is 0 Å². The van der Waals surface area contributed by atoms with Gasteiger partial charge in [-0.15, -0.1) is 5.10 Å². The van der Waals surface area contributed by atoms with Crippen LogP contribution in [0.25, 0.3) is 11.4 Å². The predicted molar refractivity (Wildman–Crippen MR) is 89.8 cm³/mol. The minimum Gasteiger partial charge on any atom is -0.342 e. The number of nitrogens with zero attached hydrogens (tertiary/aromatic N) is 3. The summed E-state index contributed by atoms with van der Waals surface area (Å²) in [5, 5.41) is 7.55. The summed E-state index contributed by atoms with van der Waals surface area (Å²) in [5.41, 5.74) is 2.20. The fourth-order valence-corrected chi connectivity index (χ4v) is 2.95. The molecule has 1 aromatic heterocycles. The van der Waals surface area contributed by atoms with Crippen LogP contribution in [-0.2, 0) is 4.79 Å². The molecular formula is C16H22N4OS. The van der Waals surface area contributed by atoms with Gasteiger partial charge in [0.15, 0.2) is 5.82 Å². The van der Waals surface area contributed by atoms with E-state index in [0.717, 1.165) is 24.5 Å². The van der Waals surface area contributed by atoms with E-state index in [4.69, 9.17) is 0 Å². The van der Waals surface area contributed by atoms with Crippen LogP contribution in [0, 0.1) is 6.92 Å². The first-order valence-corrected chi connectivity index (χ1v) is 8.38. The van der Waals surface area contributed by atoms with Gasteiger partial charge >= 0.3 is 0 Å². The maximum absolute atomic E-state index is 12.3. The highest BCUT2D eigenvalue weighted by Crippen LogP contribution is 2.23. The summed E-state index contributed by atoms with van der Waals surface area (Å²) < 4.78 is 0. The van der Waals surface area contributed by atoms with E-state index in [-0.39, 0.29) is 11.2 Å². The topological polar surface area (TPSA) is 61.9 Å². The number of carbonyl (C=O) groups is 1. The predicted octanol–water partition coefficient (Wildman–Crippen LogP) is 3.13. The highest BCUT2D eigenvalue weighted by Gasteiger charge is 2.21. The van der Waals surface area contributed by atoms with Crippen molar-refractivity contribution in [3.05, 3.63) is 29.8 Å². The lowest BCUT2D eigenvalue weighted by molar-refractivity contribution is -0.129. The third kappa shape index (κ3) is 3.88. The molecule has 1 heterocycles. The minimum atomic E-state index is -0.193. The van der Waals surface area contributed by atoms with Crippen molar-refractivity contribution in [1.29, 1.82) is 0 Å². The molecule has 0 aliphatic carbocycles. The van der Waals surface area contributed by atoms with Crippen LogP contribution in [-0.4, -0.2) is 44.3 Å². The number of aromatic amines is 1. The Labute approximate surface area is 135 Å². The molecule has 1 atom stereocenters. The Morgan fingerprint density at radius 3 is 2.50 bits per heavy atom. The first-order chi connectivity index (χ1) is 10.5. The van der Waals surface area contributed by atoms with Crippen LogP contribution < -0.4 is 0 Å². The average Bonchev–Trinajstić information content (AvgIpc) is 2.97. The molecule has 0 bridgehead atoms. The Morgan fingerprint density at radius 1 is 1.27 bits per heavy atom. The van der Waals surface area contributed by atoms with Crippen LogP contribution in [0.3, 0.4) is 0 Å². The number of amides is 1. The van der Waals surface area contributed by atoms with Crippen LogP contribution in [0.4, 0.5) is 0 Å². The molecule has 0 unspecified atom stereocenters. The maximum atomic E-state index is 12.3. The van der Waals surface area contributed by atoms with Gasteiger partial charge in [-0.05, 0) is 27.7 Å². The number of benzene rings is 1. The van der Waals surface area contributed by atoms with Gasteiger partial charge in [-0.1, -0.05) is 41.6 Å². The molecule has 0 saturated carbocycles. The van der Waals surface area contributed by atoms with Crippen LogP contribution in [0.5, 0.6) is 0 Å². The van der Waals surface area contributed by atoms with E-state index in [1.54, 1.807) is 0 Å². The number of carbonyl (C=O) groups excluding carboxylic acids is 1. The Hall–Kier alpha value is -1.82. The second kappa shape index (κ2) is 7.45. The summed E-state index contributed by atoms with van der Waals surface area (Å²) in [6.45, 7) is 9.37. The van der Waals surface area contributed by atoms with Gasteiger partial charge in [0.1, 0.15) is 0 Å². The van der Waals surface area contributed by atoms with Crippen LogP contribution in [0.15, 0.2) is 29.4 Å². The molecule has 0 fully saturated rings. The molecule has 2 rings (SSSR count). The lowest BCUT2D eigenvalue weighted by Crippen LogP contribution is -2.36. The molecule has 0 aliphatic rings. The van der Waals surface area contributed by atoms with Crippen LogP contribution >= 0.6 is 11.8 Å². The van der Waals surface area contributed by atoms with E-state index in [1.165, 1.54) is 17.3 Å². The molecule has 0 radical (unpaired) electrons. The SMILES string of the molecule is CCN(CC)C(=O)[C@H](C)Sc1n[nH]c(-c2ccc(C)cc2)n1. The van der Waals surface area contributed by atoms with Crippen molar-refractivity contribution in [2.75, 3.05) is 13.1 Å². The molecule has 5 nitrogen and oxygen atoms in total. The number of aryl methyl sites for hydroxylation is 1. The van der Waals surface area contributed by atoms with E-state index in [9.17, 15) is 4.79 Å². The Bertz CT molecular complexity index is 619. The third-order valence-corrected chi connectivity index (χ3v) is 4.44. The number of H-pyrrole nitrogens is 1. The molecule has 1 amide bonds. The summed E-state index contributed by atoms with van der Waals surface area (Å²) in [4.78, 5) is 18.6. The summed E-state index contributed by atoms with van der Waals surface area (Å²) >= 11 is 1.38. The van der Waals surface area contributed by atoms with E-state index in [0.29, 0.717) is 5.16 Å². The minimum absolute atomic E-state index is 0.122. The highest BCUT2D eigenvalue weighted by atomic mass is 32.2. The monoisotopic (exact) mass is 318 g/mol. The van der Waals surface area contributed by atoms with Crippen molar-refractivity contribution in [1.82, 2.24) is 20.1 Å². The fraction of sp³-hybridized carbons (Fsp3) is 0.438. The quantitative estimate of drug-likeness (QED) is 0.831. The van der Waals surface area contributed by atoms with E-state index in [1.807, 2.05) is 56.9 Å². The molecule has 1 aromatic carbocycles. The first-order valence-electron chi connectivity index (χ1n) is 7.50. The fourth-order valence-electron chi connectivity index (χ4n) is 2.14. The van der Waals surface area contributed by atoms with Crippen molar-refractivity contribution in [3.8, 4) is 11.4 Å². The molecule has 6 heteroatoms. The van der Waals surface area contributed by atoms with Gasteiger partial charge in [0.05, 0.1) is 5.25 Å². The zero-order valence-electron chi connectivity index (χ0n) is 13.5. The Balaban J connectivity index is 2.05. The molecule has 0 saturated heterocycles. The Kier molecular flexibility index (Phi) is 5.60.